The van der Waals surface area contributed by atoms with Crippen LogP contribution in [0, 0.1) is 0 Å². The average molecular weight is 365 g/mol. The number of nitrogens with one attached hydrogen (secondary N) is 1. The number of nitrogens with zero attached hydrogens (tertiary/aromatic N) is 2. The van der Waals surface area contributed by atoms with E-state index in [9.17, 15) is 18.0 Å². The second kappa shape index (κ2) is 6.79. The Morgan fingerprint density at radius 2 is 1.96 bits per heavy atom. The molecule has 130 valence electrons. The summed E-state index contributed by atoms with van der Waals surface area (Å²) >= 11 is 1.23. The van der Waals surface area contributed by atoms with Crippen LogP contribution in [0.3, 0.4) is 0 Å². The number of fused-ring (bicyclic) bond motifs is 1. The first-order chi connectivity index (χ1) is 11.8. The van der Waals surface area contributed by atoms with E-state index in [0.717, 1.165) is 23.2 Å². The van der Waals surface area contributed by atoms with Gasteiger partial charge in [-0.3, -0.25) is 4.79 Å². The maximum atomic E-state index is 12.7. The third kappa shape index (κ3) is 3.96. The van der Waals surface area contributed by atoms with E-state index in [2.05, 4.69) is 10.3 Å². The van der Waals surface area contributed by atoms with Crippen molar-refractivity contribution in [1.82, 2.24) is 9.55 Å². The molecule has 0 radical (unpaired) electrons. The van der Waals surface area contributed by atoms with Crippen LogP contribution in [-0.2, 0) is 18.0 Å². The highest BCUT2D eigenvalue weighted by molar-refractivity contribution is 7.99. The molecule has 2 aromatic carbocycles. The number of alkyl halides is 3. The summed E-state index contributed by atoms with van der Waals surface area (Å²) in [5, 5.41) is 3.15. The number of carbonyl (C=O) groups excluding carboxylic acids is 1. The van der Waals surface area contributed by atoms with Crippen LogP contribution in [0.25, 0.3) is 11.0 Å². The Balaban J connectivity index is 1.66. The molecular formula is C17H14F3N3OS. The highest BCUT2D eigenvalue weighted by Crippen LogP contribution is 2.30. The molecule has 0 aliphatic carbocycles. The quantitative estimate of drug-likeness (QED) is 0.701. The number of aromatic nitrogens is 2. The summed E-state index contributed by atoms with van der Waals surface area (Å²) in [6.07, 6.45) is -4.44. The van der Waals surface area contributed by atoms with Crippen molar-refractivity contribution >= 4 is 34.4 Å². The van der Waals surface area contributed by atoms with E-state index in [-0.39, 0.29) is 11.4 Å². The van der Waals surface area contributed by atoms with Crippen molar-refractivity contribution in [2.75, 3.05) is 11.1 Å². The number of imidazole rings is 1. The van der Waals surface area contributed by atoms with Gasteiger partial charge < -0.3 is 9.88 Å². The van der Waals surface area contributed by atoms with E-state index in [0.29, 0.717) is 5.16 Å². The van der Waals surface area contributed by atoms with Gasteiger partial charge in [0.05, 0.1) is 22.3 Å². The minimum absolute atomic E-state index is 0.0490. The summed E-state index contributed by atoms with van der Waals surface area (Å²) in [7, 11) is 1.85. The fraction of sp³-hybridized carbons (Fsp3) is 0.176. The molecule has 0 fully saturated rings. The van der Waals surface area contributed by atoms with Gasteiger partial charge in [-0.25, -0.2) is 4.98 Å². The van der Waals surface area contributed by atoms with Crippen molar-refractivity contribution in [2.24, 2.45) is 7.05 Å². The first kappa shape index (κ1) is 17.3. The second-order valence-electron chi connectivity index (χ2n) is 5.36. The normalized spacial score (nSPS) is 11.7. The number of amides is 1. The molecule has 4 nitrogen and oxygen atoms in total. The van der Waals surface area contributed by atoms with Gasteiger partial charge in [0.1, 0.15) is 0 Å². The van der Waals surface area contributed by atoms with Crippen LogP contribution in [-0.4, -0.2) is 21.2 Å². The van der Waals surface area contributed by atoms with E-state index >= 15 is 0 Å². The lowest BCUT2D eigenvalue weighted by atomic mass is 10.2. The number of hydrogen-bond acceptors (Lipinski definition) is 3. The zero-order chi connectivity index (χ0) is 18.0. The monoisotopic (exact) mass is 365 g/mol. The lowest BCUT2D eigenvalue weighted by Gasteiger charge is -2.09. The highest BCUT2D eigenvalue weighted by atomic mass is 32.2. The molecule has 1 N–H and O–H groups in total. The van der Waals surface area contributed by atoms with Gasteiger partial charge in [0, 0.05) is 12.7 Å². The number of anilines is 1. The van der Waals surface area contributed by atoms with Gasteiger partial charge in [0.15, 0.2) is 5.16 Å². The third-order valence-electron chi connectivity index (χ3n) is 3.55. The van der Waals surface area contributed by atoms with Crippen molar-refractivity contribution in [1.29, 1.82) is 0 Å². The van der Waals surface area contributed by atoms with Crippen LogP contribution >= 0.6 is 11.8 Å². The van der Waals surface area contributed by atoms with Gasteiger partial charge in [-0.05, 0) is 30.3 Å². The van der Waals surface area contributed by atoms with Gasteiger partial charge in [-0.1, -0.05) is 30.0 Å². The molecule has 0 spiro atoms. The number of thioether (sulfide) groups is 1. The molecule has 0 unspecified atom stereocenters. The van der Waals surface area contributed by atoms with Crippen LogP contribution < -0.4 is 5.32 Å². The first-order valence-electron chi connectivity index (χ1n) is 7.36. The Labute approximate surface area is 146 Å². The van der Waals surface area contributed by atoms with Gasteiger partial charge in [-0.2, -0.15) is 13.2 Å². The molecule has 3 rings (SSSR count). The summed E-state index contributed by atoms with van der Waals surface area (Å²) in [4.78, 5) is 16.5. The summed E-state index contributed by atoms with van der Waals surface area (Å²) in [6.45, 7) is 0. The number of benzene rings is 2. The van der Waals surface area contributed by atoms with E-state index in [4.69, 9.17) is 0 Å². The van der Waals surface area contributed by atoms with Gasteiger partial charge in [-0.15, -0.1) is 0 Å². The molecule has 3 aromatic rings. The predicted octanol–water partition coefficient (Wildman–Crippen LogP) is 4.32. The molecular weight excluding hydrogens is 351 g/mol. The van der Waals surface area contributed by atoms with Crippen molar-refractivity contribution in [3.8, 4) is 0 Å². The van der Waals surface area contributed by atoms with Crippen LogP contribution in [0.15, 0.2) is 53.7 Å². The Morgan fingerprint density at radius 1 is 1.20 bits per heavy atom. The van der Waals surface area contributed by atoms with E-state index in [1.54, 1.807) is 0 Å². The summed E-state index contributed by atoms with van der Waals surface area (Å²) in [5.74, 6) is -0.343. The minimum atomic E-state index is -4.44. The SMILES string of the molecule is Cn1c(SCC(=O)Nc2cccc(C(F)(F)F)c2)nc2ccccc21. The maximum Gasteiger partial charge on any atom is 0.416 e. The molecule has 1 aromatic heterocycles. The van der Waals surface area contributed by atoms with Gasteiger partial charge in [0.25, 0.3) is 0 Å². The average Bonchev–Trinajstić information content (AvgIpc) is 2.89. The largest absolute Gasteiger partial charge is 0.416 e. The van der Waals surface area contributed by atoms with Crippen LogP contribution in [0.4, 0.5) is 18.9 Å². The van der Waals surface area contributed by atoms with Crippen molar-refractivity contribution < 1.29 is 18.0 Å². The number of aryl methyl sites for hydroxylation is 1. The van der Waals surface area contributed by atoms with Crippen molar-refractivity contribution in [2.45, 2.75) is 11.3 Å². The molecule has 1 heterocycles. The lowest BCUT2D eigenvalue weighted by molar-refractivity contribution is -0.137. The Kier molecular flexibility index (Phi) is 4.71. The first-order valence-corrected chi connectivity index (χ1v) is 8.34. The third-order valence-corrected chi connectivity index (χ3v) is 4.58. The molecule has 0 saturated carbocycles. The van der Waals surface area contributed by atoms with Gasteiger partial charge >= 0.3 is 6.18 Å². The molecule has 0 aliphatic heterocycles. The topological polar surface area (TPSA) is 46.9 Å². The Bertz CT molecular complexity index is 921. The number of rotatable bonds is 4. The molecule has 1 amide bonds. The van der Waals surface area contributed by atoms with Crippen LogP contribution in [0.2, 0.25) is 0 Å². The Hall–Kier alpha value is -2.48. The molecule has 0 atom stereocenters. The highest BCUT2D eigenvalue weighted by Gasteiger charge is 2.30. The smallest absolute Gasteiger partial charge is 0.325 e. The van der Waals surface area contributed by atoms with Crippen molar-refractivity contribution in [3.05, 3.63) is 54.1 Å². The van der Waals surface area contributed by atoms with E-state index in [1.807, 2.05) is 35.9 Å². The molecule has 8 heteroatoms. The number of halogens is 3. The zero-order valence-corrected chi connectivity index (χ0v) is 14.0. The minimum Gasteiger partial charge on any atom is -0.325 e. The number of para-hydroxylation sites is 2. The number of hydrogen-bond donors (Lipinski definition) is 1. The lowest BCUT2D eigenvalue weighted by Crippen LogP contribution is -2.15. The van der Waals surface area contributed by atoms with Crippen LogP contribution in [0.5, 0.6) is 0 Å². The molecule has 0 saturated heterocycles. The molecule has 25 heavy (non-hydrogen) atoms. The number of carbonyl (C=O) groups is 1. The molecule has 0 aliphatic rings. The summed E-state index contributed by atoms with van der Waals surface area (Å²) in [5.41, 5.74) is 1.09. The summed E-state index contributed by atoms with van der Waals surface area (Å²) < 4.78 is 40.0. The molecule has 0 bridgehead atoms. The fourth-order valence-electron chi connectivity index (χ4n) is 2.35. The summed E-state index contributed by atoms with van der Waals surface area (Å²) in [6, 6.07) is 12.1. The second-order valence-corrected chi connectivity index (χ2v) is 6.30. The van der Waals surface area contributed by atoms with Gasteiger partial charge in [0.2, 0.25) is 5.91 Å². The van der Waals surface area contributed by atoms with Crippen molar-refractivity contribution in [3.63, 3.8) is 0 Å². The van der Waals surface area contributed by atoms with E-state index < -0.39 is 17.6 Å². The predicted molar refractivity (Wildman–Crippen MR) is 91.5 cm³/mol. The standard InChI is InChI=1S/C17H14F3N3OS/c1-23-14-8-3-2-7-13(14)22-16(23)25-10-15(24)21-12-6-4-5-11(9-12)17(18,19)20/h2-9H,10H2,1H3,(H,21,24). The zero-order valence-electron chi connectivity index (χ0n) is 13.2. The Morgan fingerprint density at radius 3 is 2.68 bits per heavy atom. The van der Waals surface area contributed by atoms with Crippen LogP contribution in [0.1, 0.15) is 5.56 Å². The maximum absolute atomic E-state index is 12.7. The fourth-order valence-corrected chi connectivity index (χ4v) is 3.14. The van der Waals surface area contributed by atoms with E-state index in [1.165, 1.54) is 23.9 Å².